The average Bonchev–Trinajstić information content (AvgIpc) is 2.70. The number of rotatable bonds is 8. The van der Waals surface area contributed by atoms with Gasteiger partial charge in [0.1, 0.15) is 0 Å². The Bertz CT molecular complexity index is 415. The van der Waals surface area contributed by atoms with Crippen LogP contribution in [-0.2, 0) is 4.74 Å². The third-order valence-electron chi connectivity index (χ3n) is 4.11. The van der Waals surface area contributed by atoms with Crippen molar-refractivity contribution in [2.75, 3.05) is 13.2 Å². The highest BCUT2D eigenvalue weighted by Crippen LogP contribution is 2.39. The Morgan fingerprint density at radius 3 is 2.75 bits per heavy atom. The summed E-state index contributed by atoms with van der Waals surface area (Å²) in [4.78, 5) is 1.44. The molecule has 20 heavy (non-hydrogen) atoms. The van der Waals surface area contributed by atoms with E-state index < -0.39 is 0 Å². The van der Waals surface area contributed by atoms with Crippen LogP contribution in [0.25, 0.3) is 0 Å². The minimum absolute atomic E-state index is 0.505. The van der Waals surface area contributed by atoms with Crippen LogP contribution >= 0.6 is 27.3 Å². The second-order valence-electron chi connectivity index (χ2n) is 5.72. The van der Waals surface area contributed by atoms with E-state index in [-0.39, 0.29) is 0 Å². The molecule has 4 heteroatoms. The van der Waals surface area contributed by atoms with Crippen molar-refractivity contribution < 1.29 is 4.74 Å². The molecule has 1 aromatic heterocycles. The zero-order valence-corrected chi connectivity index (χ0v) is 15.1. The zero-order chi connectivity index (χ0) is 14.5. The van der Waals surface area contributed by atoms with Gasteiger partial charge in [0.05, 0.1) is 9.89 Å². The van der Waals surface area contributed by atoms with Gasteiger partial charge in [0, 0.05) is 17.5 Å². The largest absolute Gasteiger partial charge is 0.378 e. The molecule has 114 valence electrons. The second-order valence-corrected chi connectivity index (χ2v) is 8.35. The summed E-state index contributed by atoms with van der Waals surface area (Å²) in [5, 5.41) is 3.73. The fourth-order valence-corrected chi connectivity index (χ4v) is 4.79. The molecule has 1 aliphatic rings. The summed E-state index contributed by atoms with van der Waals surface area (Å²) in [6.07, 6.45) is 5.43. The van der Waals surface area contributed by atoms with Gasteiger partial charge in [-0.25, -0.2) is 0 Å². The van der Waals surface area contributed by atoms with Crippen molar-refractivity contribution >= 4 is 27.3 Å². The lowest BCUT2D eigenvalue weighted by Gasteiger charge is -2.37. The molecule has 2 nitrogen and oxygen atoms in total. The number of nitrogens with one attached hydrogen (secondary N) is 1. The van der Waals surface area contributed by atoms with Crippen molar-refractivity contribution in [3.05, 3.63) is 20.3 Å². The summed E-state index contributed by atoms with van der Waals surface area (Å²) >= 11 is 5.46. The summed E-state index contributed by atoms with van der Waals surface area (Å²) < 4.78 is 6.92. The van der Waals surface area contributed by atoms with E-state index in [2.05, 4.69) is 48.1 Å². The van der Waals surface area contributed by atoms with E-state index in [0.717, 1.165) is 19.1 Å². The molecule has 0 bridgehead atoms. The van der Waals surface area contributed by atoms with Crippen molar-refractivity contribution in [2.45, 2.75) is 58.6 Å². The molecular weight excluding hydrogens is 334 g/mol. The fraction of sp³-hybridized carbons (Fsp3) is 0.750. The molecule has 1 N–H and O–H groups in total. The van der Waals surface area contributed by atoms with Gasteiger partial charge in [-0.15, -0.1) is 11.3 Å². The molecule has 1 aromatic rings. The summed E-state index contributed by atoms with van der Waals surface area (Å²) in [5.74, 6) is 0.819. The van der Waals surface area contributed by atoms with Crippen LogP contribution in [0.15, 0.2) is 9.85 Å². The van der Waals surface area contributed by atoms with Gasteiger partial charge in [0.25, 0.3) is 0 Å². The Morgan fingerprint density at radius 2 is 2.20 bits per heavy atom. The number of aryl methyl sites for hydroxylation is 1. The van der Waals surface area contributed by atoms with Gasteiger partial charge in [0.2, 0.25) is 0 Å². The standard InChI is InChI=1S/C16H26BrNOS/c1-4-6-18-15(14-10-16(17)20-11(14)3)9-12-7-13(8-12)19-5-2/h10,12-13,15,18H,4-9H2,1-3H3. The first-order valence-electron chi connectivity index (χ1n) is 7.74. The average molecular weight is 360 g/mol. The summed E-state index contributed by atoms with van der Waals surface area (Å²) in [5.41, 5.74) is 1.48. The van der Waals surface area contributed by atoms with Crippen molar-refractivity contribution in [1.82, 2.24) is 5.32 Å². The van der Waals surface area contributed by atoms with Crippen LogP contribution in [0, 0.1) is 12.8 Å². The number of halogens is 1. The molecule has 2 rings (SSSR count). The Morgan fingerprint density at radius 1 is 1.45 bits per heavy atom. The lowest BCUT2D eigenvalue weighted by molar-refractivity contribution is -0.0291. The van der Waals surface area contributed by atoms with Crippen molar-refractivity contribution in [2.24, 2.45) is 5.92 Å². The second kappa shape index (κ2) is 7.92. The zero-order valence-electron chi connectivity index (χ0n) is 12.7. The lowest BCUT2D eigenvalue weighted by Crippen LogP contribution is -2.35. The van der Waals surface area contributed by atoms with Crippen LogP contribution in [0.3, 0.4) is 0 Å². The first-order chi connectivity index (χ1) is 9.63. The molecule has 0 aliphatic heterocycles. The quantitative estimate of drug-likeness (QED) is 0.699. The molecule has 0 spiro atoms. The van der Waals surface area contributed by atoms with E-state index in [1.165, 1.54) is 39.9 Å². The molecule has 0 aromatic carbocycles. The van der Waals surface area contributed by atoms with Gasteiger partial charge in [-0.2, -0.15) is 0 Å². The summed E-state index contributed by atoms with van der Waals surface area (Å²) in [6.45, 7) is 8.50. The van der Waals surface area contributed by atoms with Gasteiger partial charge in [-0.05, 0) is 79.6 Å². The van der Waals surface area contributed by atoms with Crippen molar-refractivity contribution in [3.63, 3.8) is 0 Å². The third kappa shape index (κ3) is 4.30. The smallest absolute Gasteiger partial charge is 0.0704 e. The minimum atomic E-state index is 0.505. The molecule has 0 amide bonds. The number of thiophene rings is 1. The molecule has 1 unspecified atom stereocenters. The molecule has 1 heterocycles. The van der Waals surface area contributed by atoms with Crippen LogP contribution in [0.4, 0.5) is 0 Å². The van der Waals surface area contributed by atoms with Gasteiger partial charge in [-0.1, -0.05) is 6.92 Å². The summed E-state index contributed by atoms with van der Waals surface area (Å²) in [6, 6.07) is 2.80. The maximum Gasteiger partial charge on any atom is 0.0704 e. The molecule has 1 atom stereocenters. The van der Waals surface area contributed by atoms with Gasteiger partial charge in [-0.3, -0.25) is 0 Å². The first-order valence-corrected chi connectivity index (χ1v) is 9.35. The predicted molar refractivity (Wildman–Crippen MR) is 90.5 cm³/mol. The van der Waals surface area contributed by atoms with E-state index in [9.17, 15) is 0 Å². The number of hydrogen-bond donors (Lipinski definition) is 1. The SMILES string of the molecule is CCCNC(CC1CC(OCC)C1)c1cc(Br)sc1C. The van der Waals surface area contributed by atoms with Crippen molar-refractivity contribution in [1.29, 1.82) is 0 Å². The first kappa shape index (κ1) is 16.5. The Kier molecular flexibility index (Phi) is 6.53. The maximum atomic E-state index is 5.68. The van der Waals surface area contributed by atoms with E-state index in [1.54, 1.807) is 0 Å². The Balaban J connectivity index is 1.93. The van der Waals surface area contributed by atoms with E-state index in [4.69, 9.17) is 4.74 Å². The number of ether oxygens (including phenoxy) is 1. The van der Waals surface area contributed by atoms with Crippen LogP contribution < -0.4 is 5.32 Å². The normalized spacial score (nSPS) is 23.6. The molecule has 0 saturated heterocycles. The van der Waals surface area contributed by atoms with Crippen LogP contribution in [0.5, 0.6) is 0 Å². The van der Waals surface area contributed by atoms with Crippen molar-refractivity contribution in [3.8, 4) is 0 Å². The highest BCUT2D eigenvalue weighted by atomic mass is 79.9. The topological polar surface area (TPSA) is 21.3 Å². The van der Waals surface area contributed by atoms with E-state index in [1.807, 2.05) is 11.3 Å². The van der Waals surface area contributed by atoms with E-state index in [0.29, 0.717) is 12.1 Å². The maximum absolute atomic E-state index is 5.68. The van der Waals surface area contributed by atoms with Gasteiger partial charge >= 0.3 is 0 Å². The highest BCUT2D eigenvalue weighted by molar-refractivity contribution is 9.11. The fourth-order valence-electron chi connectivity index (χ4n) is 3.02. The Hall–Kier alpha value is 0.1000. The van der Waals surface area contributed by atoms with Gasteiger partial charge in [0.15, 0.2) is 0 Å². The van der Waals surface area contributed by atoms with Crippen LogP contribution in [0.1, 0.15) is 56.0 Å². The molecule has 1 aliphatic carbocycles. The predicted octanol–water partition coefficient (Wildman–Crippen LogP) is 5.06. The van der Waals surface area contributed by atoms with Crippen LogP contribution in [-0.4, -0.2) is 19.3 Å². The van der Waals surface area contributed by atoms with E-state index >= 15 is 0 Å². The molecule has 1 fully saturated rings. The third-order valence-corrected chi connectivity index (χ3v) is 5.68. The lowest BCUT2D eigenvalue weighted by atomic mass is 9.77. The summed E-state index contributed by atoms with van der Waals surface area (Å²) in [7, 11) is 0. The molecule has 1 saturated carbocycles. The van der Waals surface area contributed by atoms with Crippen LogP contribution in [0.2, 0.25) is 0 Å². The molecule has 0 radical (unpaired) electrons. The Labute approximate surface area is 135 Å². The van der Waals surface area contributed by atoms with Gasteiger partial charge < -0.3 is 10.1 Å². The highest BCUT2D eigenvalue weighted by Gasteiger charge is 2.32. The number of hydrogen-bond acceptors (Lipinski definition) is 3. The molecular formula is C16H26BrNOS. The monoisotopic (exact) mass is 359 g/mol. The minimum Gasteiger partial charge on any atom is -0.378 e.